The van der Waals surface area contributed by atoms with E-state index in [0.717, 1.165) is 4.57 Å². The number of nitrogens with zero attached hydrogens (tertiary/aromatic N) is 3. The highest BCUT2D eigenvalue weighted by Gasteiger charge is 2.29. The molecule has 1 aromatic rings. The van der Waals surface area contributed by atoms with Gasteiger partial charge in [0, 0.05) is 4.11 Å². The molecule has 3 atom stereocenters. The lowest BCUT2D eigenvalue weighted by Gasteiger charge is -2.25. The summed E-state index contributed by atoms with van der Waals surface area (Å²) in [5.41, 5.74) is -1.81. The first-order chi connectivity index (χ1) is 15.6. The Morgan fingerprint density at radius 1 is 1.19 bits per heavy atom. The number of rotatable bonds is 7. The Hall–Kier alpha value is -2.51. The molecule has 2 aliphatic heterocycles. The van der Waals surface area contributed by atoms with Gasteiger partial charge in [-0.25, -0.2) is 14.3 Å². The number of aromatic nitrogens is 4. The van der Waals surface area contributed by atoms with E-state index in [2.05, 4.69) is 14.5 Å². The minimum atomic E-state index is -4.96. The van der Waals surface area contributed by atoms with E-state index in [4.69, 9.17) is 13.9 Å². The molecular weight excluding hydrogens is 435 g/mol. The molecule has 14 heteroatoms. The predicted octanol–water partition coefficient (Wildman–Crippen LogP) is -1.61. The SMILES string of the molecule is [2H]C([2H])([2H])c1cc2c(cc1C)nc1c(=O)[nH]c(=O)nc-1n2C[C@H](O)[C@H](O)[C@H](O)COP(=O)(O)O. The van der Waals surface area contributed by atoms with Crippen molar-refractivity contribution in [2.45, 2.75) is 38.6 Å². The van der Waals surface area contributed by atoms with Crippen LogP contribution in [0.3, 0.4) is 0 Å². The van der Waals surface area contributed by atoms with Crippen molar-refractivity contribution >= 4 is 18.9 Å². The lowest BCUT2D eigenvalue weighted by Crippen LogP contribution is -2.42. The number of H-pyrrole nitrogens is 1. The van der Waals surface area contributed by atoms with Gasteiger partial charge in [-0.1, -0.05) is 0 Å². The molecule has 0 aliphatic carbocycles. The highest BCUT2D eigenvalue weighted by molar-refractivity contribution is 7.46. The quantitative estimate of drug-likeness (QED) is 0.175. The van der Waals surface area contributed by atoms with E-state index in [9.17, 15) is 29.5 Å². The Labute approximate surface area is 178 Å². The number of hydrogen-bond acceptors (Lipinski definition) is 9. The smallest absolute Gasteiger partial charge is 0.388 e. The summed E-state index contributed by atoms with van der Waals surface area (Å²) in [6.07, 6.45) is -5.78. The van der Waals surface area contributed by atoms with Crippen LogP contribution in [0.2, 0.25) is 0 Å². The van der Waals surface area contributed by atoms with Crippen molar-refractivity contribution < 1.29 is 38.3 Å². The van der Waals surface area contributed by atoms with Crippen LogP contribution in [-0.4, -0.2) is 69.5 Å². The summed E-state index contributed by atoms with van der Waals surface area (Å²) in [6.45, 7) is -2.65. The van der Waals surface area contributed by atoms with Crippen LogP contribution in [0.25, 0.3) is 22.6 Å². The molecule has 0 spiro atoms. The van der Waals surface area contributed by atoms with Gasteiger partial charge in [-0.2, -0.15) is 4.98 Å². The molecule has 168 valence electrons. The van der Waals surface area contributed by atoms with Gasteiger partial charge in [-0.3, -0.25) is 14.3 Å². The highest BCUT2D eigenvalue weighted by Crippen LogP contribution is 2.36. The van der Waals surface area contributed by atoms with Crippen LogP contribution in [0.4, 0.5) is 0 Å². The van der Waals surface area contributed by atoms with Gasteiger partial charge in [-0.15, -0.1) is 0 Å². The molecule has 0 saturated carbocycles. The summed E-state index contributed by atoms with van der Waals surface area (Å²) in [7, 11) is -4.96. The number of nitrogens with one attached hydrogen (secondary N) is 1. The van der Waals surface area contributed by atoms with E-state index < -0.39 is 57.4 Å². The van der Waals surface area contributed by atoms with Crippen LogP contribution in [0.15, 0.2) is 21.7 Å². The number of benzene rings is 1. The van der Waals surface area contributed by atoms with Gasteiger partial charge in [0.25, 0.3) is 5.56 Å². The second kappa shape index (κ2) is 8.55. The maximum atomic E-state index is 12.3. The fourth-order valence-electron chi connectivity index (χ4n) is 2.95. The van der Waals surface area contributed by atoms with Crippen LogP contribution in [0.1, 0.15) is 15.2 Å². The molecule has 3 rings (SSSR count). The molecule has 0 amide bonds. The van der Waals surface area contributed by atoms with Crippen LogP contribution in [0, 0.1) is 13.8 Å². The second-order valence-electron chi connectivity index (χ2n) is 6.83. The number of aromatic amines is 1. The van der Waals surface area contributed by atoms with E-state index in [0.29, 0.717) is 5.56 Å². The number of phosphoric ester groups is 1. The number of aliphatic hydroxyl groups excluding tert-OH is 3. The van der Waals surface area contributed by atoms with Crippen LogP contribution < -0.4 is 11.2 Å². The Bertz CT molecular complexity index is 1350. The Morgan fingerprint density at radius 2 is 1.90 bits per heavy atom. The fraction of sp³-hybridized carbons (Fsp3) is 0.412. The largest absolute Gasteiger partial charge is 0.469 e. The average molecular weight is 459 g/mol. The normalized spacial score (nSPS) is 17.2. The van der Waals surface area contributed by atoms with Crippen molar-refractivity contribution in [2.75, 3.05) is 6.61 Å². The third kappa shape index (κ3) is 5.05. The highest BCUT2D eigenvalue weighted by atomic mass is 31.2. The van der Waals surface area contributed by atoms with Crippen LogP contribution in [0.5, 0.6) is 0 Å². The molecule has 1 aromatic carbocycles. The van der Waals surface area contributed by atoms with Crippen molar-refractivity contribution in [3.63, 3.8) is 0 Å². The molecule has 6 N–H and O–H groups in total. The van der Waals surface area contributed by atoms with Crippen LogP contribution in [-0.2, 0) is 15.6 Å². The maximum Gasteiger partial charge on any atom is 0.469 e. The van der Waals surface area contributed by atoms with Gasteiger partial charge in [0.05, 0.1) is 24.2 Å². The average Bonchev–Trinajstić information content (AvgIpc) is 2.70. The first kappa shape index (κ1) is 19.2. The van der Waals surface area contributed by atoms with Crippen LogP contribution >= 0.6 is 7.82 Å². The van der Waals surface area contributed by atoms with Gasteiger partial charge in [0.1, 0.15) is 18.3 Å². The topological polar surface area (TPSA) is 208 Å². The molecule has 0 aromatic heterocycles. The van der Waals surface area contributed by atoms with Crippen molar-refractivity contribution in [3.05, 3.63) is 44.1 Å². The van der Waals surface area contributed by atoms with Crippen molar-refractivity contribution in [1.29, 1.82) is 0 Å². The molecule has 0 fully saturated rings. The zero-order chi connectivity index (χ0) is 25.6. The monoisotopic (exact) mass is 459 g/mol. The molecule has 0 radical (unpaired) electrons. The number of hydrogen-bond donors (Lipinski definition) is 6. The third-order valence-electron chi connectivity index (χ3n) is 4.53. The zero-order valence-corrected chi connectivity index (χ0v) is 16.9. The second-order valence-corrected chi connectivity index (χ2v) is 8.07. The fourth-order valence-corrected chi connectivity index (χ4v) is 3.30. The van der Waals surface area contributed by atoms with Gasteiger partial charge in [0.2, 0.25) is 0 Å². The summed E-state index contributed by atoms with van der Waals surface area (Å²) in [4.78, 5) is 51.4. The molecule has 2 heterocycles. The molecule has 0 bridgehead atoms. The van der Waals surface area contributed by atoms with Crippen molar-refractivity contribution in [1.82, 2.24) is 19.5 Å². The lowest BCUT2D eigenvalue weighted by molar-refractivity contribution is -0.0793. The summed E-state index contributed by atoms with van der Waals surface area (Å²) in [5, 5.41) is 30.7. The maximum absolute atomic E-state index is 12.3. The molecule has 0 saturated heterocycles. The molecule has 2 aliphatic rings. The standard InChI is InChI=1S/C17H21N4O9P/c1-7-3-9-10(4-8(7)2)21(15-13(18-9)16(25)20-17(26)19-15)5-11(22)14(24)12(23)6-30-31(27,28)29/h3-4,11-12,14,22-24H,5-6H2,1-2H3,(H,20,25,26)(H2,27,28,29)/t11-,12+,14-/m0/s1/i2D3. The van der Waals surface area contributed by atoms with E-state index in [1.165, 1.54) is 19.1 Å². The number of aryl methyl sites for hydroxylation is 2. The lowest BCUT2D eigenvalue weighted by atomic mass is 10.1. The van der Waals surface area contributed by atoms with Gasteiger partial charge < -0.3 is 29.7 Å². The molecule has 31 heavy (non-hydrogen) atoms. The predicted molar refractivity (Wildman–Crippen MR) is 107 cm³/mol. The van der Waals surface area contributed by atoms with Crippen molar-refractivity contribution in [3.8, 4) is 11.5 Å². The first-order valence-corrected chi connectivity index (χ1v) is 10.3. The van der Waals surface area contributed by atoms with E-state index >= 15 is 0 Å². The Morgan fingerprint density at radius 3 is 2.55 bits per heavy atom. The summed E-state index contributed by atoms with van der Waals surface area (Å²) >= 11 is 0. The van der Waals surface area contributed by atoms with E-state index in [1.54, 1.807) is 0 Å². The van der Waals surface area contributed by atoms with Crippen molar-refractivity contribution in [2.24, 2.45) is 0 Å². The van der Waals surface area contributed by atoms with E-state index in [-0.39, 0.29) is 28.1 Å². The van der Waals surface area contributed by atoms with Gasteiger partial charge >= 0.3 is 13.5 Å². The first-order valence-electron chi connectivity index (χ1n) is 10.3. The Balaban J connectivity index is 2.15. The number of fused-ring (bicyclic) bond motifs is 2. The minimum Gasteiger partial charge on any atom is -0.388 e. The van der Waals surface area contributed by atoms with Gasteiger partial charge in [0.15, 0.2) is 11.5 Å². The minimum absolute atomic E-state index is 0.0499. The van der Waals surface area contributed by atoms with E-state index in [1.807, 2.05) is 4.98 Å². The number of phosphoric acid groups is 1. The Kier molecular flexibility index (Phi) is 5.30. The number of aliphatic hydroxyl groups is 3. The zero-order valence-electron chi connectivity index (χ0n) is 19.0. The molecular formula is C17H21N4O9P. The molecule has 0 unspecified atom stereocenters. The summed E-state index contributed by atoms with van der Waals surface area (Å²) in [6, 6.07) is 2.62. The van der Waals surface area contributed by atoms with Gasteiger partial charge in [-0.05, 0) is 37.0 Å². The summed E-state index contributed by atoms with van der Waals surface area (Å²) < 4.78 is 39.2. The third-order valence-corrected chi connectivity index (χ3v) is 5.01. The summed E-state index contributed by atoms with van der Waals surface area (Å²) in [5.74, 6) is -0.325. The molecule has 13 nitrogen and oxygen atoms in total.